The zero-order valence-corrected chi connectivity index (χ0v) is 11.5. The molecule has 0 N–H and O–H groups in total. The first kappa shape index (κ1) is 13.1. The molecular weight excluding hydrogens is 180 g/mol. The molecule has 0 spiro atoms. The molecule has 1 saturated carbocycles. The van der Waals surface area contributed by atoms with Gasteiger partial charge in [-0.1, -0.05) is 53.9 Å². The minimum absolute atomic E-state index is 0.507. The Labute approximate surface area is 96.8 Å². The SMILES string of the molecule is CCC(CCC1(CC)CCC1)C(C)(C)C. The molecule has 0 heterocycles. The predicted molar refractivity (Wildman–Crippen MR) is 69.0 cm³/mol. The van der Waals surface area contributed by atoms with Gasteiger partial charge in [0.1, 0.15) is 0 Å². The zero-order valence-electron chi connectivity index (χ0n) is 11.5. The fraction of sp³-hybridized carbons (Fsp3) is 1.00. The first-order valence-corrected chi connectivity index (χ1v) is 6.93. The van der Waals surface area contributed by atoms with E-state index < -0.39 is 0 Å². The van der Waals surface area contributed by atoms with Crippen LogP contribution in [0.1, 0.15) is 79.6 Å². The van der Waals surface area contributed by atoms with Crippen molar-refractivity contribution in [3.8, 4) is 0 Å². The average molecular weight is 210 g/mol. The van der Waals surface area contributed by atoms with Crippen molar-refractivity contribution in [1.82, 2.24) is 0 Å². The standard InChI is InChI=1S/C15H30/c1-6-13(14(3,4)5)9-12-15(7-2)10-8-11-15/h13H,6-12H2,1-5H3. The minimum atomic E-state index is 0.507. The third kappa shape index (κ3) is 3.23. The first-order chi connectivity index (χ1) is 6.93. The van der Waals surface area contributed by atoms with Crippen LogP contribution in [0.2, 0.25) is 0 Å². The molecule has 1 aliphatic carbocycles. The van der Waals surface area contributed by atoms with Crippen LogP contribution in [0.3, 0.4) is 0 Å². The summed E-state index contributed by atoms with van der Waals surface area (Å²) in [5.41, 5.74) is 1.27. The van der Waals surface area contributed by atoms with Crippen molar-refractivity contribution >= 4 is 0 Å². The molecule has 0 nitrogen and oxygen atoms in total. The van der Waals surface area contributed by atoms with Crippen LogP contribution >= 0.6 is 0 Å². The van der Waals surface area contributed by atoms with Crippen molar-refractivity contribution in [1.29, 1.82) is 0 Å². The molecule has 0 aromatic rings. The lowest BCUT2D eigenvalue weighted by Crippen LogP contribution is -2.30. The number of hydrogen-bond donors (Lipinski definition) is 0. The lowest BCUT2D eigenvalue weighted by atomic mass is 9.62. The van der Waals surface area contributed by atoms with Crippen molar-refractivity contribution in [2.24, 2.45) is 16.7 Å². The van der Waals surface area contributed by atoms with Crippen LogP contribution in [0.4, 0.5) is 0 Å². The minimum Gasteiger partial charge on any atom is -0.0651 e. The summed E-state index contributed by atoms with van der Waals surface area (Å²) >= 11 is 0. The van der Waals surface area contributed by atoms with E-state index in [1.165, 1.54) is 44.9 Å². The highest BCUT2D eigenvalue weighted by molar-refractivity contribution is 4.87. The molecule has 1 aliphatic rings. The maximum absolute atomic E-state index is 2.40. The van der Waals surface area contributed by atoms with Gasteiger partial charge in [0.25, 0.3) is 0 Å². The lowest BCUT2D eigenvalue weighted by Gasteiger charge is -2.43. The smallest absolute Gasteiger partial charge is 0.0300 e. The van der Waals surface area contributed by atoms with E-state index in [1.54, 1.807) is 0 Å². The van der Waals surface area contributed by atoms with Crippen molar-refractivity contribution in [2.45, 2.75) is 79.6 Å². The monoisotopic (exact) mass is 210 g/mol. The van der Waals surface area contributed by atoms with Crippen molar-refractivity contribution < 1.29 is 0 Å². The topological polar surface area (TPSA) is 0 Å². The molecule has 0 aromatic heterocycles. The highest BCUT2D eigenvalue weighted by atomic mass is 14.4. The molecule has 15 heavy (non-hydrogen) atoms. The van der Waals surface area contributed by atoms with E-state index in [-0.39, 0.29) is 0 Å². The van der Waals surface area contributed by atoms with E-state index in [2.05, 4.69) is 34.6 Å². The Morgan fingerprint density at radius 3 is 2.00 bits per heavy atom. The summed E-state index contributed by atoms with van der Waals surface area (Å²) in [6.45, 7) is 12.0. The van der Waals surface area contributed by atoms with Crippen LogP contribution in [0.5, 0.6) is 0 Å². The summed E-state index contributed by atoms with van der Waals surface area (Å²) < 4.78 is 0. The summed E-state index contributed by atoms with van der Waals surface area (Å²) in [6.07, 6.45) is 10.2. The van der Waals surface area contributed by atoms with Gasteiger partial charge in [0.2, 0.25) is 0 Å². The third-order valence-electron chi connectivity index (χ3n) is 4.90. The third-order valence-corrected chi connectivity index (χ3v) is 4.90. The van der Waals surface area contributed by atoms with Gasteiger partial charge in [-0.2, -0.15) is 0 Å². The Hall–Kier alpha value is 0. The van der Waals surface area contributed by atoms with Crippen molar-refractivity contribution in [3.05, 3.63) is 0 Å². The van der Waals surface area contributed by atoms with Gasteiger partial charge in [-0.3, -0.25) is 0 Å². The van der Waals surface area contributed by atoms with Crippen LogP contribution < -0.4 is 0 Å². The van der Waals surface area contributed by atoms with E-state index in [0.717, 1.165) is 11.3 Å². The second-order valence-electron chi connectivity index (χ2n) is 6.72. The van der Waals surface area contributed by atoms with Gasteiger partial charge in [-0.15, -0.1) is 0 Å². The highest BCUT2D eigenvalue weighted by Gasteiger charge is 2.36. The van der Waals surface area contributed by atoms with Gasteiger partial charge in [0, 0.05) is 0 Å². The highest BCUT2D eigenvalue weighted by Crippen LogP contribution is 2.49. The lowest BCUT2D eigenvalue weighted by molar-refractivity contribution is 0.0859. The summed E-state index contributed by atoms with van der Waals surface area (Å²) in [5.74, 6) is 0.918. The van der Waals surface area contributed by atoms with E-state index >= 15 is 0 Å². The largest absolute Gasteiger partial charge is 0.0651 e. The summed E-state index contributed by atoms with van der Waals surface area (Å²) in [4.78, 5) is 0. The molecule has 1 fully saturated rings. The van der Waals surface area contributed by atoms with Gasteiger partial charge in [0.15, 0.2) is 0 Å². The molecule has 1 atom stereocenters. The Morgan fingerprint density at radius 2 is 1.73 bits per heavy atom. The van der Waals surface area contributed by atoms with Crippen LogP contribution in [0.25, 0.3) is 0 Å². The van der Waals surface area contributed by atoms with E-state index in [0.29, 0.717) is 5.41 Å². The number of rotatable bonds is 5. The Morgan fingerprint density at radius 1 is 1.13 bits per heavy atom. The maximum Gasteiger partial charge on any atom is -0.0300 e. The van der Waals surface area contributed by atoms with Gasteiger partial charge in [-0.05, 0) is 42.4 Å². The maximum atomic E-state index is 2.40. The van der Waals surface area contributed by atoms with Gasteiger partial charge >= 0.3 is 0 Å². The summed E-state index contributed by atoms with van der Waals surface area (Å²) in [7, 11) is 0. The second-order valence-corrected chi connectivity index (χ2v) is 6.72. The zero-order chi connectivity index (χ0) is 11.5. The second kappa shape index (κ2) is 4.89. The molecule has 0 bridgehead atoms. The van der Waals surface area contributed by atoms with E-state index in [4.69, 9.17) is 0 Å². The molecule has 0 radical (unpaired) electrons. The first-order valence-electron chi connectivity index (χ1n) is 6.93. The van der Waals surface area contributed by atoms with E-state index in [9.17, 15) is 0 Å². The molecular formula is C15H30. The molecule has 0 heteroatoms. The van der Waals surface area contributed by atoms with E-state index in [1.807, 2.05) is 0 Å². The average Bonchev–Trinajstić information content (AvgIpc) is 2.07. The Balaban J connectivity index is 2.40. The van der Waals surface area contributed by atoms with Crippen LogP contribution in [-0.4, -0.2) is 0 Å². The fourth-order valence-corrected chi connectivity index (χ4v) is 3.19. The number of hydrogen-bond acceptors (Lipinski definition) is 0. The Bertz CT molecular complexity index is 175. The summed E-state index contributed by atoms with van der Waals surface area (Å²) in [6, 6.07) is 0. The van der Waals surface area contributed by atoms with Crippen LogP contribution in [-0.2, 0) is 0 Å². The molecule has 0 aliphatic heterocycles. The predicted octanol–water partition coefficient (Wildman–Crippen LogP) is 5.42. The van der Waals surface area contributed by atoms with Crippen LogP contribution in [0, 0.1) is 16.7 Å². The van der Waals surface area contributed by atoms with Gasteiger partial charge in [0.05, 0.1) is 0 Å². The fourth-order valence-electron chi connectivity index (χ4n) is 3.19. The molecule has 0 aromatic carbocycles. The van der Waals surface area contributed by atoms with Gasteiger partial charge in [-0.25, -0.2) is 0 Å². The van der Waals surface area contributed by atoms with Crippen molar-refractivity contribution in [3.63, 3.8) is 0 Å². The van der Waals surface area contributed by atoms with Crippen molar-refractivity contribution in [2.75, 3.05) is 0 Å². The quantitative estimate of drug-likeness (QED) is 0.568. The van der Waals surface area contributed by atoms with Gasteiger partial charge < -0.3 is 0 Å². The Kier molecular flexibility index (Phi) is 4.26. The molecule has 0 amide bonds. The summed E-state index contributed by atoms with van der Waals surface area (Å²) in [5, 5.41) is 0. The molecule has 0 saturated heterocycles. The molecule has 90 valence electrons. The molecule has 1 rings (SSSR count). The molecule has 1 unspecified atom stereocenters. The normalized spacial score (nSPS) is 22.2. The van der Waals surface area contributed by atoms with Crippen LogP contribution in [0.15, 0.2) is 0 Å².